The van der Waals surface area contributed by atoms with Crippen LogP contribution in [-0.2, 0) is 10.2 Å². The van der Waals surface area contributed by atoms with Crippen LogP contribution in [0.25, 0.3) is 0 Å². The number of carbonyl (C=O) groups excluding carboxylic acids is 1. The number of hydrogen-bond acceptors (Lipinski definition) is 1. The summed E-state index contributed by atoms with van der Waals surface area (Å²) < 4.78 is 0. The second kappa shape index (κ2) is 3.93. The molecule has 0 bridgehead atoms. The van der Waals surface area contributed by atoms with E-state index in [0.717, 1.165) is 5.69 Å². The van der Waals surface area contributed by atoms with Crippen LogP contribution in [0.4, 0.5) is 5.69 Å². The number of nitrogens with one attached hydrogen (secondary N) is 1. The summed E-state index contributed by atoms with van der Waals surface area (Å²) in [6, 6.07) is 6.31. The maximum atomic E-state index is 11.5. The van der Waals surface area contributed by atoms with Crippen LogP contribution in [0, 0.1) is 6.92 Å². The van der Waals surface area contributed by atoms with Crippen LogP contribution < -0.4 is 5.32 Å². The summed E-state index contributed by atoms with van der Waals surface area (Å²) in [6.07, 6.45) is 3.04. The third kappa shape index (κ3) is 1.73. The number of fused-ring (bicyclic) bond motifs is 2. The average Bonchev–Trinajstić information content (AvgIpc) is 3.03. The lowest BCUT2D eigenvalue weighted by molar-refractivity contribution is -0.117. The van der Waals surface area contributed by atoms with Gasteiger partial charge in [0.05, 0.1) is 0 Å². The molecule has 0 saturated heterocycles. The van der Waals surface area contributed by atoms with Crippen molar-refractivity contribution in [2.45, 2.75) is 45.4 Å². The van der Waals surface area contributed by atoms with Gasteiger partial charge in [-0.25, -0.2) is 0 Å². The van der Waals surface area contributed by atoms with Gasteiger partial charge in [0.2, 0.25) is 5.91 Å². The molecule has 1 amide bonds. The molecule has 0 unspecified atom stereocenters. The zero-order chi connectivity index (χ0) is 11.8. The predicted molar refractivity (Wildman–Crippen MR) is 66.7 cm³/mol. The van der Waals surface area contributed by atoms with Gasteiger partial charge in [-0.05, 0) is 31.4 Å². The topological polar surface area (TPSA) is 29.1 Å². The molecule has 1 spiro atoms. The molecule has 3 rings (SSSR count). The molecule has 16 heavy (non-hydrogen) atoms. The molecule has 1 aliphatic carbocycles. The molecule has 2 aliphatic rings. The van der Waals surface area contributed by atoms with Crippen molar-refractivity contribution >= 4 is 11.6 Å². The smallest absolute Gasteiger partial charge is 0.225 e. The molecular formula is C14H19NO. The molecule has 0 aromatic heterocycles. The van der Waals surface area contributed by atoms with Gasteiger partial charge in [0.15, 0.2) is 0 Å². The molecule has 1 aromatic carbocycles. The molecule has 1 fully saturated rings. The fourth-order valence-corrected chi connectivity index (χ4v) is 2.40. The number of hydrogen-bond donors (Lipinski definition) is 1. The normalized spacial score (nSPS) is 19.3. The predicted octanol–water partition coefficient (Wildman–Crippen LogP) is 3.40. The third-order valence-electron chi connectivity index (χ3n) is 3.37. The molecule has 1 aromatic rings. The van der Waals surface area contributed by atoms with E-state index >= 15 is 0 Å². The van der Waals surface area contributed by atoms with Crippen molar-refractivity contribution in [2.75, 3.05) is 5.32 Å². The quantitative estimate of drug-likeness (QED) is 0.709. The van der Waals surface area contributed by atoms with E-state index in [2.05, 4.69) is 24.4 Å². The number of rotatable bonds is 0. The Hall–Kier alpha value is -1.31. The highest BCUT2D eigenvalue weighted by Crippen LogP contribution is 2.55. The number of carbonyl (C=O) groups is 1. The van der Waals surface area contributed by atoms with E-state index in [1.807, 2.05) is 19.9 Å². The molecule has 1 heterocycles. The average molecular weight is 217 g/mol. The Morgan fingerprint density at radius 3 is 2.56 bits per heavy atom. The summed E-state index contributed by atoms with van der Waals surface area (Å²) in [5, 5.41) is 2.94. The van der Waals surface area contributed by atoms with Crippen LogP contribution in [0.1, 0.15) is 44.2 Å². The van der Waals surface area contributed by atoms with E-state index in [1.54, 1.807) is 0 Å². The second-order valence-electron chi connectivity index (χ2n) is 4.55. The molecule has 2 nitrogen and oxygen atoms in total. The van der Waals surface area contributed by atoms with Crippen LogP contribution in [0.3, 0.4) is 0 Å². The van der Waals surface area contributed by atoms with Gasteiger partial charge in [-0.15, -0.1) is 0 Å². The van der Waals surface area contributed by atoms with Crippen molar-refractivity contribution in [3.63, 3.8) is 0 Å². The standard InChI is InChI=1S/C12H13NO.C2H6/c1-8-2-3-10-9(6-8)12(4-5-12)7-11(14)13-10;1-2/h2-3,6H,4-5,7H2,1H3,(H,13,14);1-2H3. The van der Waals surface area contributed by atoms with E-state index in [4.69, 9.17) is 0 Å². The molecule has 0 radical (unpaired) electrons. The Balaban J connectivity index is 0.000000457. The number of benzene rings is 1. The zero-order valence-corrected chi connectivity index (χ0v) is 10.3. The van der Waals surface area contributed by atoms with Crippen LogP contribution in [0.2, 0.25) is 0 Å². The minimum absolute atomic E-state index is 0.179. The van der Waals surface area contributed by atoms with Gasteiger partial charge in [0, 0.05) is 17.5 Å². The molecule has 1 saturated carbocycles. The summed E-state index contributed by atoms with van der Waals surface area (Å²) in [5.74, 6) is 0.179. The fraction of sp³-hybridized carbons (Fsp3) is 0.500. The molecule has 1 aliphatic heterocycles. The number of amides is 1. The Kier molecular flexibility index (Phi) is 2.75. The Morgan fingerprint density at radius 2 is 1.94 bits per heavy atom. The van der Waals surface area contributed by atoms with Crippen molar-refractivity contribution in [3.8, 4) is 0 Å². The summed E-state index contributed by atoms with van der Waals surface area (Å²) in [7, 11) is 0. The first-order valence-corrected chi connectivity index (χ1v) is 6.11. The molecule has 0 atom stereocenters. The van der Waals surface area contributed by atoms with Gasteiger partial charge < -0.3 is 5.32 Å². The Morgan fingerprint density at radius 1 is 1.25 bits per heavy atom. The fourth-order valence-electron chi connectivity index (χ4n) is 2.40. The van der Waals surface area contributed by atoms with E-state index in [1.165, 1.54) is 24.0 Å². The van der Waals surface area contributed by atoms with Crippen molar-refractivity contribution in [1.82, 2.24) is 0 Å². The Bertz CT molecular complexity index is 419. The molecule has 1 N–H and O–H groups in total. The van der Waals surface area contributed by atoms with Gasteiger partial charge in [-0.1, -0.05) is 31.5 Å². The van der Waals surface area contributed by atoms with Crippen LogP contribution >= 0.6 is 0 Å². The summed E-state index contributed by atoms with van der Waals surface area (Å²) >= 11 is 0. The van der Waals surface area contributed by atoms with E-state index < -0.39 is 0 Å². The van der Waals surface area contributed by atoms with Crippen molar-refractivity contribution in [3.05, 3.63) is 29.3 Å². The van der Waals surface area contributed by atoms with Crippen molar-refractivity contribution in [1.29, 1.82) is 0 Å². The minimum Gasteiger partial charge on any atom is -0.326 e. The van der Waals surface area contributed by atoms with E-state index in [-0.39, 0.29) is 11.3 Å². The maximum absolute atomic E-state index is 11.5. The van der Waals surface area contributed by atoms with Crippen molar-refractivity contribution < 1.29 is 4.79 Å². The zero-order valence-electron chi connectivity index (χ0n) is 10.3. The highest BCUT2D eigenvalue weighted by atomic mass is 16.1. The second-order valence-corrected chi connectivity index (χ2v) is 4.55. The Labute approximate surface area is 97.1 Å². The molecule has 2 heteroatoms. The maximum Gasteiger partial charge on any atom is 0.225 e. The van der Waals surface area contributed by atoms with Gasteiger partial charge in [-0.3, -0.25) is 4.79 Å². The summed E-state index contributed by atoms with van der Waals surface area (Å²) in [4.78, 5) is 11.5. The first-order chi connectivity index (χ1) is 7.70. The lowest BCUT2D eigenvalue weighted by Gasteiger charge is -2.25. The van der Waals surface area contributed by atoms with Crippen LogP contribution in [0.5, 0.6) is 0 Å². The van der Waals surface area contributed by atoms with Gasteiger partial charge >= 0.3 is 0 Å². The first-order valence-electron chi connectivity index (χ1n) is 6.11. The SMILES string of the molecule is CC.Cc1ccc2c(c1)C1(CC1)CC(=O)N2. The van der Waals surface area contributed by atoms with Crippen molar-refractivity contribution in [2.24, 2.45) is 0 Å². The summed E-state index contributed by atoms with van der Waals surface area (Å²) in [5.41, 5.74) is 3.89. The first kappa shape index (κ1) is 11.2. The van der Waals surface area contributed by atoms with Gasteiger partial charge in [0.1, 0.15) is 0 Å². The highest BCUT2D eigenvalue weighted by Gasteiger charge is 2.49. The monoisotopic (exact) mass is 217 g/mol. The van der Waals surface area contributed by atoms with E-state index in [0.29, 0.717) is 6.42 Å². The lowest BCUT2D eigenvalue weighted by atomic mass is 9.86. The third-order valence-corrected chi connectivity index (χ3v) is 3.37. The number of anilines is 1. The number of aryl methyl sites for hydroxylation is 1. The minimum atomic E-state index is 0.179. The van der Waals surface area contributed by atoms with Gasteiger partial charge in [-0.2, -0.15) is 0 Å². The van der Waals surface area contributed by atoms with Crippen LogP contribution in [0.15, 0.2) is 18.2 Å². The lowest BCUT2D eigenvalue weighted by Crippen LogP contribution is -2.27. The molecule has 86 valence electrons. The summed E-state index contributed by atoms with van der Waals surface area (Å²) in [6.45, 7) is 6.10. The van der Waals surface area contributed by atoms with E-state index in [9.17, 15) is 4.79 Å². The highest BCUT2D eigenvalue weighted by molar-refractivity contribution is 5.96. The molecular weight excluding hydrogens is 198 g/mol. The van der Waals surface area contributed by atoms with Gasteiger partial charge in [0.25, 0.3) is 0 Å². The largest absolute Gasteiger partial charge is 0.326 e. The van der Waals surface area contributed by atoms with Crippen LogP contribution in [-0.4, -0.2) is 5.91 Å².